The Balaban J connectivity index is 1.44. The summed E-state index contributed by atoms with van der Waals surface area (Å²) in [7, 11) is 2.16. The van der Waals surface area contributed by atoms with Crippen molar-refractivity contribution in [3.8, 4) is 11.5 Å². The lowest BCUT2D eigenvalue weighted by Gasteiger charge is -2.32. The van der Waals surface area contributed by atoms with Crippen molar-refractivity contribution in [3.63, 3.8) is 0 Å². The van der Waals surface area contributed by atoms with Gasteiger partial charge in [0.25, 0.3) is 5.91 Å². The highest BCUT2D eigenvalue weighted by Crippen LogP contribution is 2.26. The molecule has 5 nitrogen and oxygen atoms in total. The van der Waals surface area contributed by atoms with Gasteiger partial charge in [-0.25, -0.2) is 0 Å². The largest absolute Gasteiger partial charge is 0.457 e. The smallest absolute Gasteiger partial charge is 0.259 e. The van der Waals surface area contributed by atoms with Crippen LogP contribution in [0.15, 0.2) is 78.9 Å². The molecular formula is C25H27N3O2. The standard InChI is InChI=1S/C25H27N3O2/c1-27-14-16-28(17-15-27)19-20-8-7-9-21(18-20)26-25(29)23-12-5-6-13-24(23)30-22-10-3-2-4-11-22/h2-13,18H,14-17,19H2,1H3,(H,26,29). The normalized spacial score (nSPS) is 15.0. The number of hydrogen-bond donors (Lipinski definition) is 1. The molecule has 0 atom stereocenters. The highest BCUT2D eigenvalue weighted by atomic mass is 16.5. The first-order valence-corrected chi connectivity index (χ1v) is 10.3. The van der Waals surface area contributed by atoms with Crippen LogP contribution in [0, 0.1) is 0 Å². The monoisotopic (exact) mass is 401 g/mol. The van der Waals surface area contributed by atoms with Gasteiger partial charge in [-0.2, -0.15) is 0 Å². The lowest BCUT2D eigenvalue weighted by Crippen LogP contribution is -2.43. The van der Waals surface area contributed by atoms with Crippen LogP contribution in [0.2, 0.25) is 0 Å². The molecule has 3 aromatic carbocycles. The number of anilines is 1. The number of amides is 1. The molecule has 1 aliphatic rings. The van der Waals surface area contributed by atoms with E-state index in [-0.39, 0.29) is 5.91 Å². The predicted octanol–water partition coefficient (Wildman–Crippen LogP) is 4.48. The molecule has 0 bridgehead atoms. The molecule has 1 fully saturated rings. The Morgan fingerprint density at radius 1 is 0.900 bits per heavy atom. The van der Waals surface area contributed by atoms with Gasteiger partial charge >= 0.3 is 0 Å². The summed E-state index contributed by atoms with van der Waals surface area (Å²) in [6.07, 6.45) is 0. The van der Waals surface area contributed by atoms with Gasteiger partial charge in [-0.3, -0.25) is 9.69 Å². The molecule has 0 spiro atoms. The molecule has 30 heavy (non-hydrogen) atoms. The van der Waals surface area contributed by atoms with Crippen molar-refractivity contribution < 1.29 is 9.53 Å². The van der Waals surface area contributed by atoms with Gasteiger partial charge in [-0.15, -0.1) is 0 Å². The number of benzene rings is 3. The van der Waals surface area contributed by atoms with Gasteiger partial charge in [-0.05, 0) is 49.0 Å². The fourth-order valence-corrected chi connectivity index (χ4v) is 3.57. The molecule has 0 saturated carbocycles. The Kier molecular flexibility index (Phi) is 6.42. The van der Waals surface area contributed by atoms with E-state index in [1.807, 2.05) is 60.7 Å². The van der Waals surface area contributed by atoms with Crippen LogP contribution in [0.5, 0.6) is 11.5 Å². The van der Waals surface area contributed by atoms with Gasteiger partial charge in [0.05, 0.1) is 5.56 Å². The number of nitrogens with one attached hydrogen (secondary N) is 1. The molecule has 1 aliphatic heterocycles. The van der Waals surface area contributed by atoms with Crippen LogP contribution >= 0.6 is 0 Å². The van der Waals surface area contributed by atoms with Gasteiger partial charge in [-0.1, -0.05) is 42.5 Å². The molecule has 1 saturated heterocycles. The summed E-state index contributed by atoms with van der Waals surface area (Å²) in [5.41, 5.74) is 2.50. The van der Waals surface area contributed by atoms with Gasteiger partial charge in [0.2, 0.25) is 0 Å². The molecule has 5 heteroatoms. The predicted molar refractivity (Wildman–Crippen MR) is 120 cm³/mol. The Labute approximate surface area is 177 Å². The average Bonchev–Trinajstić information content (AvgIpc) is 2.77. The summed E-state index contributed by atoms with van der Waals surface area (Å²) in [5, 5.41) is 3.02. The minimum Gasteiger partial charge on any atom is -0.457 e. The van der Waals surface area contributed by atoms with E-state index >= 15 is 0 Å². The second kappa shape index (κ2) is 9.57. The van der Waals surface area contributed by atoms with E-state index in [0.717, 1.165) is 38.4 Å². The number of rotatable bonds is 6. The van der Waals surface area contributed by atoms with Crippen molar-refractivity contribution >= 4 is 11.6 Å². The third-order valence-corrected chi connectivity index (χ3v) is 5.29. The summed E-state index contributed by atoms with van der Waals surface area (Å²) in [6.45, 7) is 5.21. The number of ether oxygens (including phenoxy) is 1. The van der Waals surface area contributed by atoms with E-state index < -0.39 is 0 Å². The van der Waals surface area contributed by atoms with Crippen LogP contribution in [0.3, 0.4) is 0 Å². The first-order chi connectivity index (χ1) is 14.7. The fraction of sp³-hybridized carbons (Fsp3) is 0.240. The van der Waals surface area contributed by atoms with Crippen LogP contribution in [-0.2, 0) is 6.54 Å². The Bertz CT molecular complexity index is 982. The molecular weight excluding hydrogens is 374 g/mol. The summed E-state index contributed by atoms with van der Waals surface area (Å²) >= 11 is 0. The molecule has 0 aromatic heterocycles. The second-order valence-corrected chi connectivity index (χ2v) is 7.65. The molecule has 1 heterocycles. The first kappa shape index (κ1) is 20.1. The van der Waals surface area contributed by atoms with Crippen molar-refractivity contribution in [1.82, 2.24) is 9.80 Å². The second-order valence-electron chi connectivity index (χ2n) is 7.65. The summed E-state index contributed by atoms with van der Waals surface area (Å²) in [4.78, 5) is 17.8. The molecule has 1 amide bonds. The van der Waals surface area contributed by atoms with Crippen LogP contribution < -0.4 is 10.1 Å². The number of hydrogen-bond acceptors (Lipinski definition) is 4. The SMILES string of the molecule is CN1CCN(Cc2cccc(NC(=O)c3ccccc3Oc3ccccc3)c2)CC1. The van der Waals surface area contributed by atoms with Crippen molar-refractivity contribution in [2.45, 2.75) is 6.54 Å². The summed E-state index contributed by atoms with van der Waals surface area (Å²) < 4.78 is 5.93. The molecule has 4 rings (SSSR count). The summed E-state index contributed by atoms with van der Waals surface area (Å²) in [5.74, 6) is 1.06. The third-order valence-electron chi connectivity index (χ3n) is 5.29. The first-order valence-electron chi connectivity index (χ1n) is 10.3. The molecule has 3 aromatic rings. The van der Waals surface area contributed by atoms with Crippen LogP contribution in [0.4, 0.5) is 5.69 Å². The van der Waals surface area contributed by atoms with E-state index in [4.69, 9.17) is 4.74 Å². The third kappa shape index (κ3) is 5.26. The maximum absolute atomic E-state index is 13.0. The van der Waals surface area contributed by atoms with Gasteiger partial charge in [0, 0.05) is 38.4 Å². The Morgan fingerprint density at radius 3 is 2.43 bits per heavy atom. The van der Waals surface area contributed by atoms with Crippen LogP contribution in [0.1, 0.15) is 15.9 Å². The highest BCUT2D eigenvalue weighted by molar-refractivity contribution is 6.06. The number of carbonyl (C=O) groups is 1. The zero-order valence-electron chi connectivity index (χ0n) is 17.3. The molecule has 0 radical (unpaired) electrons. The van der Waals surface area contributed by atoms with E-state index in [9.17, 15) is 4.79 Å². The molecule has 0 aliphatic carbocycles. The van der Waals surface area contributed by atoms with E-state index in [1.54, 1.807) is 6.07 Å². The van der Waals surface area contributed by atoms with E-state index in [2.05, 4.69) is 34.3 Å². The van der Waals surface area contributed by atoms with Crippen LogP contribution in [0.25, 0.3) is 0 Å². The topological polar surface area (TPSA) is 44.8 Å². The molecule has 1 N–H and O–H groups in total. The number of likely N-dealkylation sites (N-methyl/N-ethyl adjacent to an activating group) is 1. The molecule has 154 valence electrons. The Morgan fingerprint density at radius 2 is 1.63 bits per heavy atom. The number of para-hydroxylation sites is 2. The van der Waals surface area contributed by atoms with Crippen molar-refractivity contribution in [3.05, 3.63) is 90.0 Å². The van der Waals surface area contributed by atoms with Gasteiger partial charge < -0.3 is 15.0 Å². The zero-order valence-corrected chi connectivity index (χ0v) is 17.3. The highest BCUT2D eigenvalue weighted by Gasteiger charge is 2.15. The van der Waals surface area contributed by atoms with Crippen molar-refractivity contribution in [2.24, 2.45) is 0 Å². The zero-order chi connectivity index (χ0) is 20.8. The fourth-order valence-electron chi connectivity index (χ4n) is 3.57. The number of nitrogens with zero attached hydrogens (tertiary/aromatic N) is 2. The average molecular weight is 402 g/mol. The molecule has 0 unspecified atom stereocenters. The number of piperazine rings is 1. The number of carbonyl (C=O) groups excluding carboxylic acids is 1. The minimum atomic E-state index is -0.182. The minimum absolute atomic E-state index is 0.182. The lowest BCUT2D eigenvalue weighted by molar-refractivity contribution is 0.102. The lowest BCUT2D eigenvalue weighted by atomic mass is 10.1. The Hall–Kier alpha value is -3.15. The quantitative estimate of drug-likeness (QED) is 0.662. The van der Waals surface area contributed by atoms with Crippen LogP contribution in [-0.4, -0.2) is 48.9 Å². The van der Waals surface area contributed by atoms with E-state index in [1.165, 1.54) is 5.56 Å². The van der Waals surface area contributed by atoms with Gasteiger partial charge in [0.15, 0.2) is 0 Å². The van der Waals surface area contributed by atoms with Gasteiger partial charge in [0.1, 0.15) is 11.5 Å². The van der Waals surface area contributed by atoms with Crippen molar-refractivity contribution in [2.75, 3.05) is 38.5 Å². The summed E-state index contributed by atoms with van der Waals surface area (Å²) in [6, 6.07) is 24.9. The van der Waals surface area contributed by atoms with Crippen molar-refractivity contribution in [1.29, 1.82) is 0 Å². The van der Waals surface area contributed by atoms with E-state index in [0.29, 0.717) is 17.1 Å². The maximum atomic E-state index is 13.0. The maximum Gasteiger partial charge on any atom is 0.259 e.